The summed E-state index contributed by atoms with van der Waals surface area (Å²) in [6.07, 6.45) is 0.732. The van der Waals surface area contributed by atoms with E-state index in [1.807, 2.05) is 27.7 Å². The predicted molar refractivity (Wildman–Crippen MR) is 151 cm³/mol. The van der Waals surface area contributed by atoms with Crippen LogP contribution in [0.15, 0.2) is 66.9 Å². The second-order valence-electron chi connectivity index (χ2n) is 10.0. The molecule has 4 N–H and O–H groups in total. The number of nitrogens with zero attached hydrogens (tertiary/aromatic N) is 3. The number of hydrogen-bond acceptors (Lipinski definition) is 7. The lowest BCUT2D eigenvalue weighted by Gasteiger charge is -2.14. The topological polar surface area (TPSA) is 143 Å². The Hall–Kier alpha value is -5.13. The maximum atomic E-state index is 14.8. The smallest absolute Gasteiger partial charge is 0.404 e. The number of nitrogens with two attached hydrogens (primary N) is 1. The molecule has 11 nitrogen and oxygen atoms in total. The van der Waals surface area contributed by atoms with Crippen molar-refractivity contribution in [1.29, 1.82) is 0 Å². The maximum Gasteiger partial charge on any atom is 0.404 e. The number of urea groups is 1. The van der Waals surface area contributed by atoms with Crippen molar-refractivity contribution < 1.29 is 28.2 Å². The Bertz CT molecular complexity index is 1530. The van der Waals surface area contributed by atoms with Gasteiger partial charge in [-0.1, -0.05) is 20.8 Å². The highest BCUT2D eigenvalue weighted by atomic mass is 19.1. The van der Waals surface area contributed by atoms with E-state index in [2.05, 4.69) is 25.5 Å². The van der Waals surface area contributed by atoms with Crippen LogP contribution < -0.4 is 25.8 Å². The van der Waals surface area contributed by atoms with Gasteiger partial charge in [0.15, 0.2) is 0 Å². The monoisotopic (exact) mass is 562 g/mol. The number of nitrogens with one attached hydrogen (secondary N) is 2. The van der Waals surface area contributed by atoms with Crippen molar-refractivity contribution in [3.8, 4) is 22.9 Å². The number of hydrogen-bond donors (Lipinski definition) is 3. The largest absolute Gasteiger partial charge is 0.490 e. The van der Waals surface area contributed by atoms with Gasteiger partial charge in [0.25, 0.3) is 0 Å². The van der Waals surface area contributed by atoms with E-state index in [-0.39, 0.29) is 30.1 Å². The van der Waals surface area contributed by atoms with Crippen molar-refractivity contribution in [2.75, 3.05) is 23.8 Å². The summed E-state index contributed by atoms with van der Waals surface area (Å²) >= 11 is 0. The molecule has 12 heteroatoms. The van der Waals surface area contributed by atoms with Crippen molar-refractivity contribution in [1.82, 2.24) is 14.8 Å². The molecule has 3 amide bonds. The van der Waals surface area contributed by atoms with Crippen molar-refractivity contribution in [2.24, 2.45) is 5.73 Å². The van der Waals surface area contributed by atoms with E-state index in [0.29, 0.717) is 23.0 Å². The molecule has 2 aromatic carbocycles. The van der Waals surface area contributed by atoms with Crippen LogP contribution in [0.4, 0.5) is 25.5 Å². The Balaban J connectivity index is 1.46. The van der Waals surface area contributed by atoms with E-state index in [1.165, 1.54) is 12.1 Å². The minimum atomic E-state index is -0.869. The van der Waals surface area contributed by atoms with Gasteiger partial charge in [0.1, 0.15) is 42.1 Å². The van der Waals surface area contributed by atoms with Crippen LogP contribution in [-0.2, 0) is 10.2 Å². The van der Waals surface area contributed by atoms with E-state index in [4.69, 9.17) is 15.2 Å². The van der Waals surface area contributed by atoms with Gasteiger partial charge in [-0.05, 0) is 49.4 Å². The molecule has 2 aromatic heterocycles. The van der Waals surface area contributed by atoms with Crippen molar-refractivity contribution in [3.05, 3.63) is 84.1 Å². The third kappa shape index (κ3) is 7.94. The second-order valence-corrected chi connectivity index (χ2v) is 10.0. The normalized spacial score (nSPS) is 11.0. The summed E-state index contributed by atoms with van der Waals surface area (Å²) in [4.78, 5) is 27.7. The number of halogens is 1. The zero-order valence-corrected chi connectivity index (χ0v) is 23.1. The van der Waals surface area contributed by atoms with Gasteiger partial charge in [-0.15, -0.1) is 0 Å². The minimum Gasteiger partial charge on any atom is -0.490 e. The molecule has 214 valence electrons. The number of amides is 3. The van der Waals surface area contributed by atoms with Crippen LogP contribution in [0.5, 0.6) is 17.2 Å². The molecule has 0 saturated carbocycles. The predicted octanol–water partition coefficient (Wildman–Crippen LogP) is 5.92. The molecule has 0 unspecified atom stereocenters. The molecule has 4 aromatic rings. The van der Waals surface area contributed by atoms with Gasteiger partial charge >= 0.3 is 12.1 Å². The van der Waals surface area contributed by atoms with Crippen LogP contribution in [0.25, 0.3) is 5.69 Å². The molecule has 0 radical (unpaired) electrons. The maximum absolute atomic E-state index is 14.8. The molecule has 0 bridgehead atoms. The summed E-state index contributed by atoms with van der Waals surface area (Å²) in [5.74, 6) is 1.06. The highest BCUT2D eigenvalue weighted by Gasteiger charge is 2.22. The minimum absolute atomic E-state index is 0.0230. The summed E-state index contributed by atoms with van der Waals surface area (Å²) in [5.41, 5.74) is 6.75. The third-order valence-electron chi connectivity index (χ3n) is 5.69. The highest BCUT2D eigenvalue weighted by Crippen LogP contribution is 2.28. The van der Waals surface area contributed by atoms with E-state index < -0.39 is 17.9 Å². The fourth-order valence-electron chi connectivity index (χ4n) is 3.67. The van der Waals surface area contributed by atoms with Crippen molar-refractivity contribution >= 4 is 23.6 Å². The molecular weight excluding hydrogens is 531 g/mol. The van der Waals surface area contributed by atoms with Crippen molar-refractivity contribution in [2.45, 2.75) is 33.1 Å². The molecule has 0 aliphatic rings. The summed E-state index contributed by atoms with van der Waals surface area (Å²) in [6.45, 7) is 7.99. The summed E-state index contributed by atoms with van der Waals surface area (Å²) < 4.78 is 32.3. The van der Waals surface area contributed by atoms with Gasteiger partial charge in [-0.25, -0.2) is 18.7 Å². The molecule has 0 spiro atoms. The lowest BCUT2D eigenvalue weighted by atomic mass is 9.92. The number of aromatic nitrogens is 3. The Morgan fingerprint density at radius 1 is 0.951 bits per heavy atom. The van der Waals surface area contributed by atoms with Gasteiger partial charge < -0.3 is 25.3 Å². The lowest BCUT2D eigenvalue weighted by molar-refractivity contribution is 0.134. The van der Waals surface area contributed by atoms with Crippen LogP contribution in [0.1, 0.15) is 32.2 Å². The molecule has 41 heavy (non-hydrogen) atoms. The van der Waals surface area contributed by atoms with Gasteiger partial charge in [-0.2, -0.15) is 5.10 Å². The third-order valence-corrected chi connectivity index (χ3v) is 5.69. The average Bonchev–Trinajstić information content (AvgIpc) is 3.33. The van der Waals surface area contributed by atoms with Crippen LogP contribution >= 0.6 is 0 Å². The summed E-state index contributed by atoms with van der Waals surface area (Å²) in [7, 11) is 0. The van der Waals surface area contributed by atoms with Crippen LogP contribution in [0.2, 0.25) is 0 Å². The Morgan fingerprint density at radius 2 is 1.66 bits per heavy atom. The highest BCUT2D eigenvalue weighted by molar-refractivity contribution is 5.99. The number of benzene rings is 2. The Labute approximate surface area is 236 Å². The SMILES string of the molecule is Cc1cc(Oc2ccc(NC(=O)Nc3cc(C(C)(C)C)nn3-c3ccc(OCCOC(N)=O)cc3)c(F)c2)ccn1. The molecule has 4 rings (SSSR count). The van der Waals surface area contributed by atoms with Gasteiger partial charge in [0.05, 0.1) is 17.1 Å². The van der Waals surface area contributed by atoms with E-state index >= 15 is 0 Å². The van der Waals surface area contributed by atoms with Gasteiger partial charge in [-0.3, -0.25) is 10.3 Å². The number of carbonyl (C=O) groups is 2. The molecule has 0 saturated heterocycles. The first-order valence-electron chi connectivity index (χ1n) is 12.7. The molecule has 0 fully saturated rings. The molecular formula is C29H31FN6O5. The second kappa shape index (κ2) is 12.4. The zero-order valence-electron chi connectivity index (χ0n) is 23.1. The first-order chi connectivity index (χ1) is 19.5. The number of pyridine rings is 1. The quantitative estimate of drug-likeness (QED) is 0.215. The van der Waals surface area contributed by atoms with Crippen LogP contribution in [0.3, 0.4) is 0 Å². The number of anilines is 2. The number of ether oxygens (including phenoxy) is 3. The van der Waals surface area contributed by atoms with E-state index in [9.17, 15) is 14.0 Å². The molecule has 0 aliphatic carbocycles. The van der Waals surface area contributed by atoms with Crippen LogP contribution in [0, 0.1) is 12.7 Å². The molecule has 0 aliphatic heterocycles. The first kappa shape index (κ1) is 28.9. The van der Waals surface area contributed by atoms with Crippen LogP contribution in [-0.4, -0.2) is 40.1 Å². The number of aryl methyl sites for hydroxylation is 1. The number of primary amides is 1. The fourth-order valence-corrected chi connectivity index (χ4v) is 3.67. The average molecular weight is 563 g/mol. The zero-order chi connectivity index (χ0) is 29.6. The Kier molecular flexibility index (Phi) is 8.71. The Morgan fingerprint density at radius 3 is 2.32 bits per heavy atom. The van der Waals surface area contributed by atoms with E-state index in [0.717, 1.165) is 11.4 Å². The summed E-state index contributed by atoms with van der Waals surface area (Å²) in [6, 6.07) is 15.6. The standard InChI is InChI=1S/C29H31FN6O5/c1-18-15-22(11-12-32-18)41-21-9-10-24(23(30)16-21)33-28(38)34-26-17-25(29(2,3)4)35-36(26)19-5-7-20(8-6-19)39-13-14-40-27(31)37/h5-12,15-17H,13-14H2,1-4H3,(H2,31,37)(H2,33,34,38). The fraction of sp³-hybridized carbons (Fsp3) is 0.241. The van der Waals surface area contributed by atoms with E-state index in [1.54, 1.807) is 59.4 Å². The van der Waals surface area contributed by atoms with Crippen molar-refractivity contribution in [3.63, 3.8) is 0 Å². The summed E-state index contributed by atoms with van der Waals surface area (Å²) in [5, 5.41) is 9.97. The number of rotatable bonds is 9. The lowest BCUT2D eigenvalue weighted by Crippen LogP contribution is -2.22. The first-order valence-corrected chi connectivity index (χ1v) is 12.7. The molecule has 0 atom stereocenters. The van der Waals surface area contributed by atoms with Gasteiger partial charge in [0.2, 0.25) is 0 Å². The molecule has 2 heterocycles. The number of carbonyl (C=O) groups excluding carboxylic acids is 2. The van der Waals surface area contributed by atoms with Gasteiger partial charge in [0, 0.05) is 35.5 Å².